The van der Waals surface area contributed by atoms with E-state index in [1.165, 1.54) is 4.88 Å². The van der Waals surface area contributed by atoms with Crippen molar-refractivity contribution < 1.29 is 9.00 Å². The Labute approximate surface area is 102 Å². The monoisotopic (exact) mass is 257 g/mol. The summed E-state index contributed by atoms with van der Waals surface area (Å²) in [5, 5.41) is 2.03. The van der Waals surface area contributed by atoms with Crippen molar-refractivity contribution in [3.8, 4) is 0 Å². The number of hydrogen-bond acceptors (Lipinski definition) is 3. The van der Waals surface area contributed by atoms with Crippen LogP contribution in [-0.2, 0) is 22.0 Å². The molecule has 5 heteroatoms. The lowest BCUT2D eigenvalue weighted by Crippen LogP contribution is -2.41. The molecule has 3 nitrogen and oxygen atoms in total. The van der Waals surface area contributed by atoms with Gasteiger partial charge in [-0.1, -0.05) is 6.07 Å². The molecule has 1 aromatic rings. The summed E-state index contributed by atoms with van der Waals surface area (Å²) >= 11 is 1.69. The van der Waals surface area contributed by atoms with E-state index in [2.05, 4.69) is 6.07 Å². The maximum Gasteiger partial charge on any atom is 0.222 e. The van der Waals surface area contributed by atoms with Gasteiger partial charge in [-0.2, -0.15) is 0 Å². The van der Waals surface area contributed by atoms with Crippen molar-refractivity contribution in [2.75, 3.05) is 24.6 Å². The molecule has 0 bridgehead atoms. The molecule has 1 amide bonds. The van der Waals surface area contributed by atoms with Crippen LogP contribution in [0.2, 0.25) is 0 Å². The molecule has 16 heavy (non-hydrogen) atoms. The number of amides is 1. The SMILES string of the molecule is O=C(CCc1cccs1)N1CCS(=O)CC1. The van der Waals surface area contributed by atoms with E-state index in [0.717, 1.165) is 6.42 Å². The third-order valence-electron chi connectivity index (χ3n) is 2.70. The van der Waals surface area contributed by atoms with Gasteiger partial charge < -0.3 is 4.90 Å². The van der Waals surface area contributed by atoms with Crippen LogP contribution in [0.4, 0.5) is 0 Å². The van der Waals surface area contributed by atoms with E-state index in [9.17, 15) is 9.00 Å². The third-order valence-corrected chi connectivity index (χ3v) is 4.91. The number of thiophene rings is 1. The van der Waals surface area contributed by atoms with Gasteiger partial charge in [-0.25, -0.2) is 0 Å². The minimum atomic E-state index is -0.703. The van der Waals surface area contributed by atoms with Gasteiger partial charge in [0.05, 0.1) is 0 Å². The van der Waals surface area contributed by atoms with Crippen LogP contribution < -0.4 is 0 Å². The van der Waals surface area contributed by atoms with Crippen molar-refractivity contribution >= 4 is 28.0 Å². The Morgan fingerprint density at radius 3 is 2.81 bits per heavy atom. The molecule has 1 aliphatic heterocycles. The third kappa shape index (κ3) is 3.15. The quantitative estimate of drug-likeness (QED) is 0.818. The Kier molecular flexibility index (Phi) is 4.12. The highest BCUT2D eigenvalue weighted by atomic mass is 32.2. The molecule has 0 aromatic carbocycles. The summed E-state index contributed by atoms with van der Waals surface area (Å²) < 4.78 is 11.2. The van der Waals surface area contributed by atoms with E-state index in [-0.39, 0.29) is 5.91 Å². The van der Waals surface area contributed by atoms with Gasteiger partial charge >= 0.3 is 0 Å². The minimum absolute atomic E-state index is 0.199. The van der Waals surface area contributed by atoms with Gasteiger partial charge in [0.25, 0.3) is 0 Å². The summed E-state index contributed by atoms with van der Waals surface area (Å²) in [5.41, 5.74) is 0. The fraction of sp³-hybridized carbons (Fsp3) is 0.545. The van der Waals surface area contributed by atoms with Gasteiger partial charge in [0, 0.05) is 46.7 Å². The summed E-state index contributed by atoms with van der Waals surface area (Å²) in [7, 11) is -0.703. The molecular formula is C11H15NO2S2. The van der Waals surface area contributed by atoms with Crippen molar-refractivity contribution in [2.24, 2.45) is 0 Å². The molecule has 0 spiro atoms. The summed E-state index contributed by atoms with van der Waals surface area (Å²) in [4.78, 5) is 14.9. The topological polar surface area (TPSA) is 37.4 Å². The molecule has 0 aliphatic carbocycles. The molecule has 1 aliphatic rings. The van der Waals surface area contributed by atoms with E-state index in [1.54, 1.807) is 11.3 Å². The first-order valence-corrected chi connectivity index (χ1v) is 7.77. The second kappa shape index (κ2) is 5.59. The van der Waals surface area contributed by atoms with Crippen LogP contribution in [-0.4, -0.2) is 39.6 Å². The van der Waals surface area contributed by atoms with E-state index in [1.807, 2.05) is 16.3 Å². The Morgan fingerprint density at radius 1 is 1.44 bits per heavy atom. The van der Waals surface area contributed by atoms with Crippen molar-refractivity contribution in [3.05, 3.63) is 22.4 Å². The summed E-state index contributed by atoms with van der Waals surface area (Å²) in [5.74, 6) is 1.49. The number of nitrogens with zero attached hydrogens (tertiary/aromatic N) is 1. The van der Waals surface area contributed by atoms with Crippen LogP contribution in [0.25, 0.3) is 0 Å². The normalized spacial score (nSPS) is 17.6. The maximum absolute atomic E-state index is 11.8. The molecule has 1 aromatic heterocycles. The second-order valence-electron chi connectivity index (χ2n) is 3.81. The number of carbonyl (C=O) groups excluding carboxylic acids is 1. The van der Waals surface area contributed by atoms with Gasteiger partial charge in [-0.05, 0) is 17.9 Å². The fourth-order valence-electron chi connectivity index (χ4n) is 1.73. The van der Waals surface area contributed by atoms with Crippen molar-refractivity contribution in [1.29, 1.82) is 0 Å². The highest BCUT2D eigenvalue weighted by molar-refractivity contribution is 7.85. The predicted molar refractivity (Wildman–Crippen MR) is 67.1 cm³/mol. The molecule has 0 radical (unpaired) electrons. The van der Waals surface area contributed by atoms with Gasteiger partial charge in [0.2, 0.25) is 5.91 Å². The zero-order valence-electron chi connectivity index (χ0n) is 9.05. The molecule has 2 heterocycles. The Balaban J connectivity index is 1.77. The highest BCUT2D eigenvalue weighted by Crippen LogP contribution is 2.12. The summed E-state index contributed by atoms with van der Waals surface area (Å²) in [6.07, 6.45) is 1.41. The molecule has 0 unspecified atom stereocenters. The van der Waals surface area contributed by atoms with Crippen molar-refractivity contribution in [1.82, 2.24) is 4.90 Å². The summed E-state index contributed by atoms with van der Waals surface area (Å²) in [6, 6.07) is 4.07. The summed E-state index contributed by atoms with van der Waals surface area (Å²) in [6.45, 7) is 1.33. The molecule has 88 valence electrons. The standard InChI is InChI=1S/C11H15NO2S2/c13-11(4-3-10-2-1-7-15-10)12-5-8-16(14)9-6-12/h1-2,7H,3-6,8-9H2. The molecule has 0 N–H and O–H groups in total. The van der Waals surface area contributed by atoms with Crippen LogP contribution in [0.5, 0.6) is 0 Å². The van der Waals surface area contributed by atoms with Crippen LogP contribution in [0, 0.1) is 0 Å². The van der Waals surface area contributed by atoms with Crippen LogP contribution in [0.3, 0.4) is 0 Å². The lowest BCUT2D eigenvalue weighted by Gasteiger charge is -2.26. The van der Waals surface area contributed by atoms with Crippen LogP contribution >= 0.6 is 11.3 Å². The highest BCUT2D eigenvalue weighted by Gasteiger charge is 2.19. The Morgan fingerprint density at radius 2 is 2.19 bits per heavy atom. The zero-order valence-corrected chi connectivity index (χ0v) is 10.7. The molecule has 1 saturated heterocycles. The Bertz CT molecular complexity index is 365. The lowest BCUT2D eigenvalue weighted by molar-refractivity contribution is -0.130. The van der Waals surface area contributed by atoms with Crippen molar-refractivity contribution in [2.45, 2.75) is 12.8 Å². The number of carbonyl (C=O) groups is 1. The van der Waals surface area contributed by atoms with Gasteiger partial charge in [0.15, 0.2) is 0 Å². The van der Waals surface area contributed by atoms with Gasteiger partial charge in [-0.15, -0.1) is 11.3 Å². The lowest BCUT2D eigenvalue weighted by atomic mass is 10.2. The minimum Gasteiger partial charge on any atom is -0.341 e. The predicted octanol–water partition coefficient (Wildman–Crippen LogP) is 1.27. The second-order valence-corrected chi connectivity index (χ2v) is 6.54. The largest absolute Gasteiger partial charge is 0.341 e. The van der Waals surface area contributed by atoms with E-state index < -0.39 is 10.8 Å². The van der Waals surface area contributed by atoms with E-state index >= 15 is 0 Å². The first kappa shape index (κ1) is 11.8. The number of hydrogen-bond donors (Lipinski definition) is 0. The fourth-order valence-corrected chi connectivity index (χ4v) is 3.49. The average Bonchev–Trinajstić information content (AvgIpc) is 2.80. The molecule has 1 fully saturated rings. The Hall–Kier alpha value is -0.680. The van der Waals surface area contributed by atoms with Crippen LogP contribution in [0.1, 0.15) is 11.3 Å². The first-order chi connectivity index (χ1) is 7.75. The average molecular weight is 257 g/mol. The van der Waals surface area contributed by atoms with Crippen molar-refractivity contribution in [3.63, 3.8) is 0 Å². The van der Waals surface area contributed by atoms with Crippen LogP contribution in [0.15, 0.2) is 17.5 Å². The van der Waals surface area contributed by atoms with Gasteiger partial charge in [-0.3, -0.25) is 9.00 Å². The molecule has 2 rings (SSSR count). The smallest absolute Gasteiger partial charge is 0.222 e. The van der Waals surface area contributed by atoms with E-state index in [0.29, 0.717) is 31.0 Å². The molecular weight excluding hydrogens is 242 g/mol. The molecule has 0 saturated carbocycles. The number of aryl methyl sites for hydroxylation is 1. The zero-order chi connectivity index (χ0) is 11.4. The van der Waals surface area contributed by atoms with Gasteiger partial charge in [0.1, 0.15) is 0 Å². The van der Waals surface area contributed by atoms with E-state index in [4.69, 9.17) is 0 Å². The first-order valence-electron chi connectivity index (χ1n) is 5.41. The molecule has 0 atom stereocenters. The number of rotatable bonds is 3. The maximum atomic E-state index is 11.8.